The van der Waals surface area contributed by atoms with Gasteiger partial charge in [0.25, 0.3) is 0 Å². The fraction of sp³-hybridized carbons (Fsp3) is 0.941. The molecular weight excluding hydrogens is 268 g/mol. The van der Waals surface area contributed by atoms with Gasteiger partial charge < -0.3 is 14.6 Å². The Balaban J connectivity index is 1.80. The van der Waals surface area contributed by atoms with Crippen LogP contribution in [0.15, 0.2) is 0 Å². The lowest BCUT2D eigenvalue weighted by molar-refractivity contribution is -0.166. The van der Waals surface area contributed by atoms with Gasteiger partial charge in [-0.3, -0.25) is 4.79 Å². The van der Waals surface area contributed by atoms with E-state index in [1.807, 2.05) is 0 Å². The lowest BCUT2D eigenvalue weighted by Gasteiger charge is -2.46. The zero-order chi connectivity index (χ0) is 14.8. The summed E-state index contributed by atoms with van der Waals surface area (Å²) in [7, 11) is 0. The predicted molar refractivity (Wildman–Crippen MR) is 79.2 cm³/mol. The Labute approximate surface area is 127 Å². The molecule has 1 saturated carbocycles. The van der Waals surface area contributed by atoms with Gasteiger partial charge in [0.1, 0.15) is 0 Å². The molecule has 0 amide bonds. The third kappa shape index (κ3) is 2.98. The van der Waals surface area contributed by atoms with Gasteiger partial charge >= 0.3 is 5.97 Å². The van der Waals surface area contributed by atoms with E-state index in [2.05, 4.69) is 0 Å². The normalized spacial score (nSPS) is 37.0. The quantitative estimate of drug-likeness (QED) is 0.848. The molecule has 1 N–H and O–H groups in total. The van der Waals surface area contributed by atoms with Crippen molar-refractivity contribution < 1.29 is 19.4 Å². The summed E-state index contributed by atoms with van der Waals surface area (Å²) in [5, 5.41) is 10.0. The highest BCUT2D eigenvalue weighted by Gasteiger charge is 2.51. The van der Waals surface area contributed by atoms with Crippen LogP contribution in [0.3, 0.4) is 0 Å². The molecule has 0 aromatic rings. The second-order valence-corrected chi connectivity index (χ2v) is 7.25. The maximum absolute atomic E-state index is 12.2. The first-order chi connectivity index (χ1) is 10.2. The van der Waals surface area contributed by atoms with E-state index in [1.54, 1.807) is 0 Å². The summed E-state index contributed by atoms with van der Waals surface area (Å²) in [6.07, 6.45) is 10.2. The van der Waals surface area contributed by atoms with Gasteiger partial charge in [0, 0.05) is 19.6 Å². The fourth-order valence-electron chi connectivity index (χ4n) is 4.70. The summed E-state index contributed by atoms with van der Waals surface area (Å²) in [5.74, 6) is -0.311. The first-order valence-electron chi connectivity index (χ1n) is 8.62. The second kappa shape index (κ2) is 6.25. The zero-order valence-electron chi connectivity index (χ0n) is 12.9. The average Bonchev–Trinajstić information content (AvgIpc) is 2.86. The number of carboxylic acids is 1. The van der Waals surface area contributed by atoms with Gasteiger partial charge in [-0.25, -0.2) is 0 Å². The van der Waals surface area contributed by atoms with E-state index in [0.29, 0.717) is 13.2 Å². The van der Waals surface area contributed by atoms with Crippen LogP contribution >= 0.6 is 0 Å². The Morgan fingerprint density at radius 2 is 1.71 bits per heavy atom. The standard InChI is InChI=1S/C17H28O4/c18-15(19)17(7-4-2-1-3-5-8-17)14-6-10-21-16(12-14)9-11-20-13-16/h14H,1-13H2,(H,18,19). The average molecular weight is 296 g/mol. The molecule has 0 bridgehead atoms. The molecule has 2 atom stereocenters. The number of hydrogen-bond donors (Lipinski definition) is 1. The lowest BCUT2D eigenvalue weighted by atomic mass is 9.62. The molecule has 3 aliphatic rings. The molecule has 2 aliphatic heterocycles. The van der Waals surface area contributed by atoms with Crippen molar-refractivity contribution in [3.05, 3.63) is 0 Å². The largest absolute Gasteiger partial charge is 0.481 e. The van der Waals surface area contributed by atoms with Gasteiger partial charge in [-0.15, -0.1) is 0 Å². The third-order valence-corrected chi connectivity index (χ3v) is 6.01. The predicted octanol–water partition coefficient (Wildman–Crippen LogP) is 3.39. The van der Waals surface area contributed by atoms with E-state index >= 15 is 0 Å². The first-order valence-corrected chi connectivity index (χ1v) is 8.62. The van der Waals surface area contributed by atoms with Gasteiger partial charge in [0.05, 0.1) is 17.6 Å². The van der Waals surface area contributed by atoms with Gasteiger partial charge in [-0.05, 0) is 31.6 Å². The molecule has 0 radical (unpaired) electrons. The molecule has 2 unspecified atom stereocenters. The van der Waals surface area contributed by atoms with E-state index < -0.39 is 11.4 Å². The molecule has 0 aromatic heterocycles. The van der Waals surface area contributed by atoms with E-state index in [-0.39, 0.29) is 11.5 Å². The molecule has 4 nitrogen and oxygen atoms in total. The number of carbonyl (C=O) groups is 1. The van der Waals surface area contributed by atoms with Crippen molar-refractivity contribution in [2.75, 3.05) is 19.8 Å². The van der Waals surface area contributed by atoms with Crippen LogP contribution < -0.4 is 0 Å². The van der Waals surface area contributed by atoms with Crippen molar-refractivity contribution in [2.45, 2.75) is 69.8 Å². The number of ether oxygens (including phenoxy) is 2. The van der Waals surface area contributed by atoms with E-state index in [1.165, 1.54) is 19.3 Å². The Morgan fingerprint density at radius 1 is 1.00 bits per heavy atom. The fourth-order valence-corrected chi connectivity index (χ4v) is 4.70. The lowest BCUT2D eigenvalue weighted by Crippen LogP contribution is -2.49. The van der Waals surface area contributed by atoms with Crippen molar-refractivity contribution in [1.29, 1.82) is 0 Å². The van der Waals surface area contributed by atoms with E-state index in [0.717, 1.165) is 51.6 Å². The summed E-state index contributed by atoms with van der Waals surface area (Å²) >= 11 is 0. The highest BCUT2D eigenvalue weighted by atomic mass is 16.6. The molecule has 1 aliphatic carbocycles. The van der Waals surface area contributed by atoms with Crippen molar-refractivity contribution >= 4 is 5.97 Å². The molecule has 1 spiro atoms. The number of carboxylic acid groups (broad SMARTS) is 1. The van der Waals surface area contributed by atoms with Gasteiger partial charge in [-0.2, -0.15) is 0 Å². The van der Waals surface area contributed by atoms with Gasteiger partial charge in [-0.1, -0.05) is 32.1 Å². The first kappa shape index (κ1) is 15.3. The van der Waals surface area contributed by atoms with Crippen LogP contribution in [0.4, 0.5) is 0 Å². The van der Waals surface area contributed by atoms with Crippen molar-refractivity contribution in [3.63, 3.8) is 0 Å². The number of rotatable bonds is 2. The highest BCUT2D eigenvalue weighted by Crippen LogP contribution is 2.49. The summed E-state index contributed by atoms with van der Waals surface area (Å²) < 4.78 is 11.5. The van der Waals surface area contributed by atoms with Crippen LogP contribution in [0, 0.1) is 11.3 Å². The Hall–Kier alpha value is -0.610. The van der Waals surface area contributed by atoms with Crippen LogP contribution in [0.1, 0.15) is 64.2 Å². The van der Waals surface area contributed by atoms with Crippen LogP contribution in [0.5, 0.6) is 0 Å². The highest BCUT2D eigenvalue weighted by molar-refractivity contribution is 5.75. The summed E-state index contributed by atoms with van der Waals surface area (Å²) in [4.78, 5) is 12.2. The zero-order valence-corrected chi connectivity index (χ0v) is 12.9. The minimum atomic E-state index is -0.564. The summed E-state index contributed by atoms with van der Waals surface area (Å²) in [6, 6.07) is 0. The molecule has 21 heavy (non-hydrogen) atoms. The maximum Gasteiger partial charge on any atom is 0.309 e. The van der Waals surface area contributed by atoms with Crippen molar-refractivity contribution in [3.8, 4) is 0 Å². The summed E-state index contributed by atoms with van der Waals surface area (Å²) in [6.45, 7) is 2.11. The summed E-state index contributed by atoms with van der Waals surface area (Å²) in [5.41, 5.74) is -0.701. The van der Waals surface area contributed by atoms with E-state index in [4.69, 9.17) is 9.47 Å². The smallest absolute Gasteiger partial charge is 0.309 e. The van der Waals surface area contributed by atoms with Crippen LogP contribution in [-0.2, 0) is 14.3 Å². The minimum Gasteiger partial charge on any atom is -0.481 e. The molecule has 120 valence electrons. The van der Waals surface area contributed by atoms with E-state index in [9.17, 15) is 9.90 Å². The second-order valence-electron chi connectivity index (χ2n) is 7.25. The SMILES string of the molecule is O=C(O)C1(C2CCOC3(CCOC3)C2)CCCCCCC1. The van der Waals surface area contributed by atoms with Gasteiger partial charge in [0.15, 0.2) is 0 Å². The third-order valence-electron chi connectivity index (χ3n) is 6.01. The van der Waals surface area contributed by atoms with Gasteiger partial charge in [0.2, 0.25) is 0 Å². The Kier molecular flexibility index (Phi) is 4.55. The number of hydrogen-bond acceptors (Lipinski definition) is 3. The molecule has 2 saturated heterocycles. The molecule has 2 heterocycles. The van der Waals surface area contributed by atoms with Crippen LogP contribution in [0.25, 0.3) is 0 Å². The monoisotopic (exact) mass is 296 g/mol. The molecule has 4 heteroatoms. The van der Waals surface area contributed by atoms with Crippen molar-refractivity contribution in [1.82, 2.24) is 0 Å². The molecule has 3 fully saturated rings. The molecular formula is C17H28O4. The van der Waals surface area contributed by atoms with Crippen molar-refractivity contribution in [2.24, 2.45) is 11.3 Å². The Morgan fingerprint density at radius 3 is 2.33 bits per heavy atom. The Bertz CT molecular complexity index is 365. The van der Waals surface area contributed by atoms with Crippen LogP contribution in [0.2, 0.25) is 0 Å². The topological polar surface area (TPSA) is 55.8 Å². The molecule has 3 rings (SSSR count). The molecule has 0 aromatic carbocycles. The van der Waals surface area contributed by atoms with Crippen LogP contribution in [-0.4, -0.2) is 36.5 Å². The number of aliphatic carboxylic acids is 1. The maximum atomic E-state index is 12.2. The minimum absolute atomic E-state index is 0.187.